The lowest BCUT2D eigenvalue weighted by molar-refractivity contribution is -0.159. The third kappa shape index (κ3) is 4.11. The number of nitrogens with one attached hydrogen (secondary N) is 1. The highest BCUT2D eigenvalue weighted by Gasteiger charge is 2.63. The van der Waals surface area contributed by atoms with E-state index in [2.05, 4.69) is 17.1 Å². The van der Waals surface area contributed by atoms with Gasteiger partial charge in [0.25, 0.3) is 11.8 Å². The number of fused-ring (bicyclic) bond motifs is 4. The van der Waals surface area contributed by atoms with Crippen molar-refractivity contribution in [2.24, 2.45) is 5.41 Å². The number of amides is 8. The molecule has 1 atom stereocenters. The van der Waals surface area contributed by atoms with Crippen LogP contribution in [0.2, 0.25) is 0 Å². The van der Waals surface area contributed by atoms with E-state index in [0.717, 1.165) is 51.6 Å². The molecule has 0 bridgehead atoms. The quantitative estimate of drug-likeness (QED) is 0.256. The number of anilines is 1. The molecule has 0 aliphatic carbocycles. The molecule has 4 aliphatic heterocycles. The van der Waals surface area contributed by atoms with Crippen LogP contribution in [0.5, 0.6) is 0 Å². The van der Waals surface area contributed by atoms with E-state index < -0.39 is 41.1 Å². The van der Waals surface area contributed by atoms with E-state index in [1.165, 1.54) is 20.2 Å². The minimum absolute atomic E-state index is 0.0995. The molecular formula is C28H33N5O6. The number of urea groups is 2. The molecule has 3 fully saturated rings. The fourth-order valence-electron chi connectivity index (χ4n) is 6.39. The van der Waals surface area contributed by atoms with Crippen LogP contribution in [-0.2, 0) is 25.6 Å². The van der Waals surface area contributed by atoms with Gasteiger partial charge < -0.3 is 4.90 Å². The Bertz CT molecular complexity index is 1300. The number of barbiturate groups is 2. The van der Waals surface area contributed by atoms with Crippen LogP contribution in [0.15, 0.2) is 23.8 Å². The van der Waals surface area contributed by atoms with E-state index in [1.54, 1.807) is 12.1 Å². The molecule has 8 amide bonds. The van der Waals surface area contributed by atoms with Gasteiger partial charge in [-0.15, -0.1) is 0 Å². The van der Waals surface area contributed by atoms with E-state index >= 15 is 0 Å². The van der Waals surface area contributed by atoms with Gasteiger partial charge >= 0.3 is 12.1 Å². The van der Waals surface area contributed by atoms with Crippen molar-refractivity contribution in [2.45, 2.75) is 57.9 Å². The number of hydrogen-bond acceptors (Lipinski definition) is 7. The summed E-state index contributed by atoms with van der Waals surface area (Å²) in [5.41, 5.74) is 0.557. The van der Waals surface area contributed by atoms with Gasteiger partial charge in [-0.25, -0.2) is 9.59 Å². The molecule has 206 valence electrons. The van der Waals surface area contributed by atoms with Crippen LogP contribution >= 0.6 is 0 Å². The Labute approximate surface area is 226 Å². The van der Waals surface area contributed by atoms with Crippen LogP contribution in [0.4, 0.5) is 15.3 Å². The van der Waals surface area contributed by atoms with Gasteiger partial charge in [-0.05, 0) is 55.0 Å². The second kappa shape index (κ2) is 9.94. The Balaban J connectivity index is 1.49. The summed E-state index contributed by atoms with van der Waals surface area (Å²) in [5, 5.41) is 2.25. The SMILES string of the molecule is CCCCCCN1C(=O)NC(=O)/C(=C\c2ccc3c(c2)CC2(C(=O)N(C)C(=O)N(C)C2=O)[C@H]2CCCN32)C1=O. The lowest BCUT2D eigenvalue weighted by Crippen LogP contribution is -2.70. The van der Waals surface area contributed by atoms with Gasteiger partial charge in [-0.2, -0.15) is 0 Å². The Hall–Kier alpha value is -4.02. The average molecular weight is 536 g/mol. The van der Waals surface area contributed by atoms with E-state index in [0.29, 0.717) is 24.9 Å². The Kier molecular flexibility index (Phi) is 6.77. The second-order valence-electron chi connectivity index (χ2n) is 10.7. The average Bonchev–Trinajstić information content (AvgIpc) is 3.42. The zero-order valence-corrected chi connectivity index (χ0v) is 22.5. The highest BCUT2D eigenvalue weighted by molar-refractivity contribution is 6.31. The molecule has 39 heavy (non-hydrogen) atoms. The van der Waals surface area contributed by atoms with Crippen molar-refractivity contribution in [1.29, 1.82) is 0 Å². The van der Waals surface area contributed by atoms with Gasteiger partial charge in [0.1, 0.15) is 5.57 Å². The van der Waals surface area contributed by atoms with Crippen LogP contribution in [0.25, 0.3) is 6.08 Å². The van der Waals surface area contributed by atoms with Gasteiger partial charge in [-0.3, -0.25) is 39.2 Å². The molecular weight excluding hydrogens is 502 g/mol. The van der Waals surface area contributed by atoms with Crippen molar-refractivity contribution in [1.82, 2.24) is 20.0 Å². The van der Waals surface area contributed by atoms with E-state index in [4.69, 9.17) is 0 Å². The molecule has 0 saturated carbocycles. The summed E-state index contributed by atoms with van der Waals surface area (Å²) in [5.74, 6) is -2.43. The highest BCUT2D eigenvalue weighted by atomic mass is 16.2. The van der Waals surface area contributed by atoms with Crippen molar-refractivity contribution in [2.75, 3.05) is 32.1 Å². The molecule has 0 radical (unpaired) electrons. The van der Waals surface area contributed by atoms with Crippen LogP contribution in [0, 0.1) is 5.41 Å². The number of carbonyl (C=O) groups excluding carboxylic acids is 6. The summed E-state index contributed by atoms with van der Waals surface area (Å²) in [6.07, 6.45) is 6.52. The first-order valence-corrected chi connectivity index (χ1v) is 13.5. The van der Waals surface area contributed by atoms with Crippen LogP contribution < -0.4 is 10.2 Å². The normalized spacial score (nSPS) is 23.7. The molecule has 0 unspecified atom stereocenters. The Morgan fingerprint density at radius 2 is 1.72 bits per heavy atom. The van der Waals surface area contributed by atoms with Crippen molar-refractivity contribution < 1.29 is 28.8 Å². The lowest BCUT2D eigenvalue weighted by atomic mass is 9.68. The van der Waals surface area contributed by atoms with Gasteiger partial charge in [0.15, 0.2) is 5.41 Å². The third-order valence-electron chi connectivity index (χ3n) is 8.38. The Morgan fingerprint density at radius 3 is 2.41 bits per heavy atom. The largest absolute Gasteiger partial charge is 0.367 e. The number of benzene rings is 1. The number of unbranched alkanes of at least 4 members (excludes halogenated alkanes) is 3. The van der Waals surface area contributed by atoms with Gasteiger partial charge in [0.2, 0.25) is 11.8 Å². The predicted octanol–water partition coefficient (Wildman–Crippen LogP) is 2.29. The molecule has 11 nitrogen and oxygen atoms in total. The van der Waals surface area contributed by atoms with Crippen LogP contribution in [-0.4, -0.2) is 83.6 Å². The number of nitrogens with zero attached hydrogens (tertiary/aromatic N) is 4. The summed E-state index contributed by atoms with van der Waals surface area (Å²) in [6.45, 7) is 2.96. The molecule has 1 aromatic rings. The number of hydrogen-bond donors (Lipinski definition) is 1. The maximum absolute atomic E-state index is 13.6. The third-order valence-corrected chi connectivity index (χ3v) is 8.38. The first kappa shape index (κ1) is 26.6. The summed E-state index contributed by atoms with van der Waals surface area (Å²) in [4.78, 5) is 82.9. The van der Waals surface area contributed by atoms with E-state index in [-0.39, 0.29) is 24.6 Å². The zero-order chi connectivity index (χ0) is 28.1. The fraction of sp³-hybridized carbons (Fsp3) is 0.500. The molecule has 1 spiro atoms. The minimum Gasteiger partial charge on any atom is -0.367 e. The van der Waals surface area contributed by atoms with Crippen molar-refractivity contribution >= 4 is 47.5 Å². The minimum atomic E-state index is -1.44. The Morgan fingerprint density at radius 1 is 1.00 bits per heavy atom. The first-order valence-electron chi connectivity index (χ1n) is 13.5. The first-order chi connectivity index (χ1) is 18.6. The summed E-state index contributed by atoms with van der Waals surface area (Å²) in [6, 6.07) is 3.70. The molecule has 5 rings (SSSR count). The molecule has 3 saturated heterocycles. The van der Waals surface area contributed by atoms with Gasteiger partial charge in [-0.1, -0.05) is 32.3 Å². The van der Waals surface area contributed by atoms with Gasteiger partial charge in [0.05, 0.1) is 6.04 Å². The molecule has 1 N–H and O–H groups in total. The summed E-state index contributed by atoms with van der Waals surface area (Å²) < 4.78 is 0. The smallest absolute Gasteiger partial charge is 0.332 e. The van der Waals surface area contributed by atoms with E-state index in [1.807, 2.05) is 6.07 Å². The maximum Gasteiger partial charge on any atom is 0.332 e. The number of imide groups is 4. The maximum atomic E-state index is 13.6. The molecule has 0 aromatic heterocycles. The van der Waals surface area contributed by atoms with E-state index in [9.17, 15) is 28.8 Å². The summed E-state index contributed by atoms with van der Waals surface area (Å²) >= 11 is 0. The van der Waals surface area contributed by atoms with Crippen LogP contribution in [0.3, 0.4) is 0 Å². The van der Waals surface area contributed by atoms with Crippen molar-refractivity contribution in [3.63, 3.8) is 0 Å². The van der Waals surface area contributed by atoms with Crippen molar-refractivity contribution in [3.05, 3.63) is 34.9 Å². The molecule has 4 aliphatic rings. The van der Waals surface area contributed by atoms with Crippen LogP contribution in [0.1, 0.15) is 56.6 Å². The highest BCUT2D eigenvalue weighted by Crippen LogP contribution is 2.49. The van der Waals surface area contributed by atoms with Gasteiger partial charge in [0, 0.05) is 32.9 Å². The number of rotatable bonds is 6. The predicted molar refractivity (Wildman–Crippen MR) is 141 cm³/mol. The monoisotopic (exact) mass is 535 g/mol. The standard InChI is InChI=1S/C28H33N5O6/c1-4-5-6-7-12-33-23(35)19(22(34)29-26(33)38)15-17-10-11-20-18(14-17)16-28(21-9-8-13-32(20)21)24(36)30(2)27(39)31(3)25(28)37/h10-11,14-15,21H,4-9,12-13,16H2,1-3H3,(H,29,34,38)/b19-15+/t21-/m1/s1. The summed E-state index contributed by atoms with van der Waals surface area (Å²) in [7, 11) is 2.79. The molecule has 4 heterocycles. The molecule has 11 heteroatoms. The topological polar surface area (TPSA) is 127 Å². The van der Waals surface area contributed by atoms with Crippen molar-refractivity contribution in [3.8, 4) is 0 Å². The molecule has 1 aromatic carbocycles. The lowest BCUT2D eigenvalue weighted by Gasteiger charge is -2.50. The zero-order valence-electron chi connectivity index (χ0n) is 22.5. The number of carbonyl (C=O) groups is 6. The fourth-order valence-corrected chi connectivity index (χ4v) is 6.39. The second-order valence-corrected chi connectivity index (χ2v) is 10.7.